The van der Waals surface area contributed by atoms with E-state index < -0.39 is 0 Å². The van der Waals surface area contributed by atoms with Crippen LogP contribution in [0.2, 0.25) is 0 Å². The monoisotopic (exact) mass is 262 g/mol. The normalized spacial score (nSPS) is 14.4. The summed E-state index contributed by atoms with van der Waals surface area (Å²) in [4.78, 5) is 0. The molecule has 2 heteroatoms. The van der Waals surface area contributed by atoms with Gasteiger partial charge in [0, 0.05) is 5.56 Å². The predicted molar refractivity (Wildman–Crippen MR) is 76.3 cm³/mol. The van der Waals surface area contributed by atoms with E-state index in [2.05, 4.69) is 38.1 Å². The van der Waals surface area contributed by atoms with Crippen molar-refractivity contribution in [3.8, 4) is 0 Å². The maximum Gasteiger partial charge on any atom is 0.105 e. The maximum absolute atomic E-state index is 6.48. The molecule has 1 heterocycles. The van der Waals surface area contributed by atoms with Crippen LogP contribution in [0.4, 0.5) is 0 Å². The average Bonchev–Trinajstić information content (AvgIpc) is 2.83. The van der Waals surface area contributed by atoms with Crippen molar-refractivity contribution in [3.63, 3.8) is 0 Å². The molecule has 0 radical (unpaired) electrons. The lowest BCUT2D eigenvalue weighted by molar-refractivity contribution is 0.530. The second-order valence-corrected chi connectivity index (χ2v) is 5.21. The first-order valence-electron chi connectivity index (χ1n) is 6.41. The van der Waals surface area contributed by atoms with Crippen molar-refractivity contribution in [3.05, 3.63) is 59.0 Å². The molecule has 0 aliphatic heterocycles. The summed E-state index contributed by atoms with van der Waals surface area (Å²) >= 11 is 6.48. The third-order valence-electron chi connectivity index (χ3n) is 3.58. The Labute approximate surface area is 114 Å². The fourth-order valence-electron chi connectivity index (χ4n) is 2.07. The van der Waals surface area contributed by atoms with Gasteiger partial charge in [-0.25, -0.2) is 0 Å². The van der Waals surface area contributed by atoms with Gasteiger partial charge in [-0.05, 0) is 36.5 Å². The molecule has 0 bridgehead atoms. The Balaban J connectivity index is 2.22. The van der Waals surface area contributed by atoms with E-state index in [0.29, 0.717) is 5.92 Å². The summed E-state index contributed by atoms with van der Waals surface area (Å²) in [6, 6.07) is 10.5. The van der Waals surface area contributed by atoms with Crippen LogP contribution in [0.25, 0.3) is 0 Å². The van der Waals surface area contributed by atoms with Gasteiger partial charge in [-0.1, -0.05) is 38.1 Å². The molecule has 0 N–H and O–H groups in total. The zero-order chi connectivity index (χ0) is 13.1. The molecule has 2 atom stereocenters. The van der Waals surface area contributed by atoms with E-state index in [9.17, 15) is 0 Å². The van der Waals surface area contributed by atoms with E-state index in [0.717, 1.165) is 23.3 Å². The van der Waals surface area contributed by atoms with Crippen molar-refractivity contribution in [2.45, 2.75) is 38.5 Å². The molecule has 0 spiro atoms. The molecule has 0 aliphatic carbocycles. The topological polar surface area (TPSA) is 13.1 Å². The Morgan fingerprint density at radius 3 is 2.22 bits per heavy atom. The third kappa shape index (κ3) is 2.62. The minimum absolute atomic E-state index is 0.130. The fourth-order valence-corrected chi connectivity index (χ4v) is 2.44. The molecule has 0 aliphatic rings. The second-order valence-electron chi connectivity index (χ2n) is 4.77. The number of rotatable bonds is 4. The molecule has 0 fully saturated rings. The van der Waals surface area contributed by atoms with Crippen molar-refractivity contribution in [1.29, 1.82) is 0 Å². The largest absolute Gasteiger partial charge is 0.469 e. The molecule has 1 nitrogen and oxygen atoms in total. The van der Waals surface area contributed by atoms with E-state index in [1.807, 2.05) is 13.0 Å². The lowest BCUT2D eigenvalue weighted by Gasteiger charge is -2.12. The first-order valence-corrected chi connectivity index (χ1v) is 6.85. The Hall–Kier alpha value is -1.21. The van der Waals surface area contributed by atoms with E-state index in [-0.39, 0.29) is 5.38 Å². The van der Waals surface area contributed by atoms with Gasteiger partial charge in [-0.15, -0.1) is 11.6 Å². The van der Waals surface area contributed by atoms with Gasteiger partial charge in [0.15, 0.2) is 0 Å². The number of alkyl halides is 1. The quantitative estimate of drug-likeness (QED) is 0.670. The summed E-state index contributed by atoms with van der Waals surface area (Å²) in [5.41, 5.74) is 3.54. The van der Waals surface area contributed by atoms with Gasteiger partial charge >= 0.3 is 0 Å². The van der Waals surface area contributed by atoms with Gasteiger partial charge in [0.2, 0.25) is 0 Å². The van der Waals surface area contributed by atoms with Gasteiger partial charge in [0.05, 0.1) is 11.6 Å². The zero-order valence-electron chi connectivity index (χ0n) is 11.1. The summed E-state index contributed by atoms with van der Waals surface area (Å²) in [6.07, 6.45) is 2.85. The van der Waals surface area contributed by atoms with Crippen LogP contribution >= 0.6 is 11.6 Å². The molecule has 18 heavy (non-hydrogen) atoms. The first kappa shape index (κ1) is 13.2. The minimum atomic E-state index is -0.130. The smallest absolute Gasteiger partial charge is 0.105 e. The van der Waals surface area contributed by atoms with Crippen LogP contribution in [0.1, 0.15) is 54.0 Å². The summed E-state index contributed by atoms with van der Waals surface area (Å²) in [5.74, 6) is 1.49. The second kappa shape index (κ2) is 5.62. The van der Waals surface area contributed by atoms with Crippen LogP contribution in [0, 0.1) is 6.92 Å². The predicted octanol–water partition coefficient (Wildman–Crippen LogP) is 5.43. The number of hydrogen-bond donors (Lipinski definition) is 0. The number of benzene rings is 1. The van der Waals surface area contributed by atoms with Crippen LogP contribution in [-0.2, 0) is 0 Å². The molecule has 1 aromatic carbocycles. The molecule has 0 amide bonds. The van der Waals surface area contributed by atoms with Gasteiger partial charge in [0.1, 0.15) is 5.76 Å². The number of furan rings is 1. The maximum atomic E-state index is 6.48. The van der Waals surface area contributed by atoms with Crippen LogP contribution in [0.5, 0.6) is 0 Å². The van der Waals surface area contributed by atoms with E-state index in [1.54, 1.807) is 6.26 Å². The molecule has 0 saturated heterocycles. The highest BCUT2D eigenvalue weighted by molar-refractivity contribution is 6.22. The Morgan fingerprint density at radius 1 is 1.11 bits per heavy atom. The van der Waals surface area contributed by atoms with Crippen molar-refractivity contribution in [1.82, 2.24) is 0 Å². The summed E-state index contributed by atoms with van der Waals surface area (Å²) in [5, 5.41) is -0.130. The Kier molecular flexibility index (Phi) is 4.13. The Morgan fingerprint density at radius 2 is 1.72 bits per heavy atom. The lowest BCUT2D eigenvalue weighted by atomic mass is 9.96. The molecule has 2 rings (SSSR count). The van der Waals surface area contributed by atoms with Gasteiger partial charge in [-0.2, -0.15) is 0 Å². The number of aryl methyl sites for hydroxylation is 1. The summed E-state index contributed by atoms with van der Waals surface area (Å²) < 4.78 is 5.30. The highest BCUT2D eigenvalue weighted by Gasteiger charge is 2.15. The fraction of sp³-hybridized carbons (Fsp3) is 0.375. The SMILES string of the molecule is CCC(C)c1ccc(C(Cl)c2ccoc2C)cc1. The van der Waals surface area contributed by atoms with E-state index in [1.165, 1.54) is 5.56 Å². The molecule has 1 aromatic heterocycles. The van der Waals surface area contributed by atoms with Gasteiger partial charge in [-0.3, -0.25) is 0 Å². The van der Waals surface area contributed by atoms with Gasteiger partial charge in [0.25, 0.3) is 0 Å². The van der Waals surface area contributed by atoms with Crippen LogP contribution in [0.3, 0.4) is 0 Å². The third-order valence-corrected chi connectivity index (χ3v) is 4.07. The molecular formula is C16H19ClO. The van der Waals surface area contributed by atoms with Crippen molar-refractivity contribution in [2.75, 3.05) is 0 Å². The zero-order valence-corrected chi connectivity index (χ0v) is 11.9. The lowest BCUT2D eigenvalue weighted by Crippen LogP contribution is -1.96. The molecule has 2 aromatic rings. The first-order chi connectivity index (χ1) is 8.63. The standard InChI is InChI=1S/C16H19ClO/c1-4-11(2)13-5-7-14(8-6-13)16(17)15-9-10-18-12(15)3/h5-11,16H,4H2,1-3H3. The summed E-state index contributed by atoms with van der Waals surface area (Å²) in [6.45, 7) is 6.39. The number of hydrogen-bond acceptors (Lipinski definition) is 1. The van der Waals surface area contributed by atoms with Gasteiger partial charge < -0.3 is 4.42 Å². The van der Waals surface area contributed by atoms with Crippen LogP contribution < -0.4 is 0 Å². The molecular weight excluding hydrogens is 244 g/mol. The average molecular weight is 263 g/mol. The van der Waals surface area contributed by atoms with Crippen molar-refractivity contribution in [2.24, 2.45) is 0 Å². The molecule has 2 unspecified atom stereocenters. The number of halogens is 1. The highest BCUT2D eigenvalue weighted by Crippen LogP contribution is 2.32. The van der Waals surface area contributed by atoms with Crippen LogP contribution in [-0.4, -0.2) is 0 Å². The van der Waals surface area contributed by atoms with Crippen molar-refractivity contribution < 1.29 is 4.42 Å². The van der Waals surface area contributed by atoms with Crippen molar-refractivity contribution >= 4 is 11.6 Å². The molecule has 96 valence electrons. The van der Waals surface area contributed by atoms with E-state index >= 15 is 0 Å². The minimum Gasteiger partial charge on any atom is -0.469 e. The van der Waals surface area contributed by atoms with Crippen LogP contribution in [0.15, 0.2) is 41.0 Å². The molecule has 0 saturated carbocycles. The summed E-state index contributed by atoms with van der Waals surface area (Å²) in [7, 11) is 0. The highest BCUT2D eigenvalue weighted by atomic mass is 35.5. The Bertz CT molecular complexity index is 498. The van der Waals surface area contributed by atoms with E-state index in [4.69, 9.17) is 16.0 Å².